The maximum atomic E-state index is 11.1. The molecule has 12 heavy (non-hydrogen) atoms. The van der Waals surface area contributed by atoms with Crippen LogP contribution < -0.4 is 0 Å². The fourth-order valence-corrected chi connectivity index (χ4v) is 1.51. The summed E-state index contributed by atoms with van der Waals surface area (Å²) in [6, 6.07) is 0. The summed E-state index contributed by atoms with van der Waals surface area (Å²) in [6.07, 6.45) is 0. The van der Waals surface area contributed by atoms with E-state index < -0.39 is 11.9 Å². The van der Waals surface area contributed by atoms with Gasteiger partial charge in [0.25, 0.3) is 0 Å². The molecule has 0 radical (unpaired) electrons. The summed E-state index contributed by atoms with van der Waals surface area (Å²) in [7, 11) is 3.50. The van der Waals surface area contributed by atoms with Crippen LogP contribution in [0, 0.1) is 0 Å². The molecule has 64 valence electrons. The molecule has 2 rings (SSSR count). The lowest BCUT2D eigenvalue weighted by Crippen LogP contribution is -2.27. The van der Waals surface area contributed by atoms with Crippen LogP contribution in [0.3, 0.4) is 0 Å². The molecule has 0 fully saturated rings. The number of nitrogens with zero attached hydrogens (tertiary/aromatic N) is 2. The zero-order valence-electron chi connectivity index (χ0n) is 6.83. The SMILES string of the molecule is CN1CN(C)C2=C1C(=O)OC2=O. The van der Waals surface area contributed by atoms with E-state index in [1.54, 1.807) is 23.9 Å². The number of esters is 2. The van der Waals surface area contributed by atoms with E-state index in [0.29, 0.717) is 18.1 Å². The molecule has 2 heterocycles. The number of likely N-dealkylation sites (N-methyl/N-ethyl adjacent to an activating group) is 2. The summed E-state index contributed by atoms with van der Waals surface area (Å²) in [6.45, 7) is 0.561. The third-order valence-electron chi connectivity index (χ3n) is 1.98. The number of carbonyl (C=O) groups excluding carboxylic acids is 2. The Balaban J connectivity index is 2.49. The first-order valence-corrected chi connectivity index (χ1v) is 3.54. The minimum absolute atomic E-state index is 0.377. The van der Waals surface area contributed by atoms with Gasteiger partial charge in [-0.15, -0.1) is 0 Å². The molecule has 0 atom stereocenters. The molecule has 0 N–H and O–H groups in total. The predicted molar refractivity (Wildman–Crippen MR) is 38.5 cm³/mol. The summed E-state index contributed by atoms with van der Waals surface area (Å²) in [5.74, 6) is -1.08. The second kappa shape index (κ2) is 2.00. The molecule has 0 unspecified atom stereocenters. The number of hydrogen-bond donors (Lipinski definition) is 0. The molecule has 0 saturated heterocycles. The van der Waals surface area contributed by atoms with Crippen molar-refractivity contribution in [3.8, 4) is 0 Å². The fraction of sp³-hybridized carbons (Fsp3) is 0.429. The van der Waals surface area contributed by atoms with Crippen molar-refractivity contribution in [3.63, 3.8) is 0 Å². The van der Waals surface area contributed by atoms with E-state index in [-0.39, 0.29) is 0 Å². The lowest BCUT2D eigenvalue weighted by molar-refractivity contribution is -0.153. The number of ether oxygens (including phenoxy) is 1. The Morgan fingerprint density at radius 2 is 1.50 bits per heavy atom. The first kappa shape index (κ1) is 7.15. The highest BCUT2D eigenvalue weighted by Crippen LogP contribution is 2.27. The normalized spacial score (nSPS) is 22.2. The van der Waals surface area contributed by atoms with E-state index in [2.05, 4.69) is 4.74 Å². The lowest BCUT2D eigenvalue weighted by Gasteiger charge is -2.16. The fourth-order valence-electron chi connectivity index (χ4n) is 1.51. The van der Waals surface area contributed by atoms with Gasteiger partial charge in [-0.2, -0.15) is 0 Å². The predicted octanol–water partition coefficient (Wildman–Crippen LogP) is -0.884. The van der Waals surface area contributed by atoms with Crippen molar-refractivity contribution in [1.82, 2.24) is 9.80 Å². The van der Waals surface area contributed by atoms with Gasteiger partial charge in [-0.1, -0.05) is 0 Å². The highest BCUT2D eigenvalue weighted by atomic mass is 16.6. The third-order valence-corrected chi connectivity index (χ3v) is 1.98. The van der Waals surface area contributed by atoms with Crippen LogP contribution in [0.25, 0.3) is 0 Å². The van der Waals surface area contributed by atoms with Gasteiger partial charge in [0.05, 0.1) is 6.67 Å². The molecule has 0 aromatic heterocycles. The number of rotatable bonds is 0. The number of hydrogen-bond acceptors (Lipinski definition) is 5. The van der Waals surface area contributed by atoms with Crippen LogP contribution in [0.1, 0.15) is 0 Å². The zero-order chi connectivity index (χ0) is 8.88. The van der Waals surface area contributed by atoms with Gasteiger partial charge in [0, 0.05) is 14.1 Å². The zero-order valence-corrected chi connectivity index (χ0v) is 6.83. The third kappa shape index (κ3) is 0.677. The largest absolute Gasteiger partial charge is 0.383 e. The van der Waals surface area contributed by atoms with E-state index in [0.717, 1.165) is 0 Å². The van der Waals surface area contributed by atoms with E-state index in [9.17, 15) is 9.59 Å². The molecule has 0 aliphatic carbocycles. The van der Waals surface area contributed by atoms with Gasteiger partial charge in [-0.3, -0.25) is 0 Å². The minimum atomic E-state index is -0.540. The van der Waals surface area contributed by atoms with Gasteiger partial charge in [0.2, 0.25) is 0 Å². The number of carbonyl (C=O) groups is 2. The second-order valence-corrected chi connectivity index (χ2v) is 2.91. The Bertz CT molecular complexity index is 280. The maximum absolute atomic E-state index is 11.1. The van der Waals surface area contributed by atoms with E-state index in [1.165, 1.54) is 0 Å². The lowest BCUT2D eigenvalue weighted by atomic mass is 10.3. The van der Waals surface area contributed by atoms with Crippen molar-refractivity contribution in [2.75, 3.05) is 20.8 Å². The summed E-state index contributed by atoms with van der Waals surface area (Å²) < 4.78 is 4.43. The van der Waals surface area contributed by atoms with Crippen LogP contribution >= 0.6 is 0 Å². The monoisotopic (exact) mass is 168 g/mol. The number of cyclic esters (lactones) is 2. The Hall–Kier alpha value is -1.52. The molecular weight excluding hydrogens is 160 g/mol. The molecule has 0 saturated carbocycles. The average Bonchev–Trinajstić information content (AvgIpc) is 2.38. The van der Waals surface area contributed by atoms with Crippen molar-refractivity contribution in [2.24, 2.45) is 0 Å². The van der Waals surface area contributed by atoms with Crippen molar-refractivity contribution in [3.05, 3.63) is 11.4 Å². The summed E-state index contributed by atoms with van der Waals surface area (Å²) in [4.78, 5) is 25.5. The van der Waals surface area contributed by atoms with E-state index in [1.807, 2.05) is 0 Å². The molecule has 2 aliphatic heterocycles. The van der Waals surface area contributed by atoms with Crippen LogP contribution in [0.15, 0.2) is 11.4 Å². The molecule has 0 bridgehead atoms. The highest BCUT2D eigenvalue weighted by Gasteiger charge is 2.42. The highest BCUT2D eigenvalue weighted by molar-refractivity contribution is 6.12. The van der Waals surface area contributed by atoms with Crippen molar-refractivity contribution < 1.29 is 14.3 Å². The Kier molecular flexibility index (Phi) is 1.19. The Labute approximate surface area is 69.2 Å². The maximum Gasteiger partial charge on any atom is 0.365 e. The van der Waals surface area contributed by atoms with Gasteiger partial charge in [0.1, 0.15) is 0 Å². The second-order valence-electron chi connectivity index (χ2n) is 2.91. The van der Waals surface area contributed by atoms with E-state index >= 15 is 0 Å². The van der Waals surface area contributed by atoms with Gasteiger partial charge >= 0.3 is 11.9 Å². The molecule has 0 spiro atoms. The van der Waals surface area contributed by atoms with Crippen LogP contribution in [0.5, 0.6) is 0 Å². The quantitative estimate of drug-likeness (QED) is 0.347. The molecule has 0 amide bonds. The first-order chi connectivity index (χ1) is 5.61. The summed E-state index contributed by atoms with van der Waals surface area (Å²) in [5.41, 5.74) is 0.755. The molecule has 5 nitrogen and oxygen atoms in total. The Morgan fingerprint density at radius 1 is 1.08 bits per heavy atom. The van der Waals surface area contributed by atoms with Crippen LogP contribution in [-0.4, -0.2) is 42.5 Å². The summed E-state index contributed by atoms with van der Waals surface area (Å²) >= 11 is 0. The van der Waals surface area contributed by atoms with Crippen LogP contribution in [0.4, 0.5) is 0 Å². The Morgan fingerprint density at radius 3 is 1.92 bits per heavy atom. The molecule has 5 heteroatoms. The first-order valence-electron chi connectivity index (χ1n) is 3.54. The van der Waals surface area contributed by atoms with Gasteiger partial charge < -0.3 is 14.5 Å². The van der Waals surface area contributed by atoms with Crippen molar-refractivity contribution in [2.45, 2.75) is 0 Å². The standard InChI is InChI=1S/C7H8N2O3/c1-8-3-9(2)5-4(8)6(10)12-7(5)11/h3H2,1-2H3. The molecule has 2 aliphatic rings. The van der Waals surface area contributed by atoms with E-state index in [4.69, 9.17) is 0 Å². The molecule has 0 aromatic rings. The van der Waals surface area contributed by atoms with Crippen LogP contribution in [0.2, 0.25) is 0 Å². The molecule has 0 aromatic carbocycles. The smallest absolute Gasteiger partial charge is 0.365 e. The van der Waals surface area contributed by atoms with Gasteiger partial charge in [0.15, 0.2) is 11.4 Å². The van der Waals surface area contributed by atoms with Gasteiger partial charge in [-0.25, -0.2) is 9.59 Å². The van der Waals surface area contributed by atoms with Crippen LogP contribution in [-0.2, 0) is 14.3 Å². The average molecular weight is 168 g/mol. The van der Waals surface area contributed by atoms with Crippen molar-refractivity contribution >= 4 is 11.9 Å². The summed E-state index contributed by atoms with van der Waals surface area (Å²) in [5, 5.41) is 0. The van der Waals surface area contributed by atoms with Gasteiger partial charge in [-0.05, 0) is 0 Å². The molecular formula is C7H8N2O3. The topological polar surface area (TPSA) is 49.9 Å². The minimum Gasteiger partial charge on any atom is -0.383 e. The van der Waals surface area contributed by atoms with Crippen molar-refractivity contribution in [1.29, 1.82) is 0 Å².